The number of benzene rings is 1. The number of rotatable bonds is 3. The van der Waals surface area contributed by atoms with E-state index in [1.165, 1.54) is 0 Å². The lowest BCUT2D eigenvalue weighted by molar-refractivity contribution is -0.127. The molecule has 0 spiro atoms. The Morgan fingerprint density at radius 1 is 1.16 bits per heavy atom. The molecule has 6 nitrogen and oxygen atoms in total. The van der Waals surface area contributed by atoms with Gasteiger partial charge in [-0.2, -0.15) is 5.10 Å². The molecule has 6 heteroatoms. The number of carbonyl (C=O) groups is 2. The van der Waals surface area contributed by atoms with Gasteiger partial charge in [-0.25, -0.2) is 0 Å². The normalized spacial score (nSPS) is 20.2. The molecule has 1 aromatic carbocycles. The Bertz CT molecular complexity index is 823. The van der Waals surface area contributed by atoms with Crippen molar-refractivity contribution in [3.63, 3.8) is 0 Å². The molecule has 1 N–H and O–H groups in total. The molecular weight excluding hydrogens is 316 g/mol. The van der Waals surface area contributed by atoms with Gasteiger partial charge in [0.25, 0.3) is 0 Å². The highest BCUT2D eigenvalue weighted by Gasteiger charge is 2.42. The number of aryl methyl sites for hydroxylation is 3. The summed E-state index contributed by atoms with van der Waals surface area (Å²) in [6.45, 7) is 5.80. The van der Waals surface area contributed by atoms with E-state index in [0.717, 1.165) is 28.2 Å². The average molecular weight is 340 g/mol. The number of nitrogens with zero attached hydrogens (tertiary/aromatic N) is 3. The minimum Gasteiger partial charge on any atom is -0.338 e. The van der Waals surface area contributed by atoms with Crippen LogP contribution < -0.4 is 5.32 Å². The van der Waals surface area contributed by atoms with E-state index in [1.807, 2.05) is 52.1 Å². The van der Waals surface area contributed by atoms with Crippen LogP contribution in [0.15, 0.2) is 24.3 Å². The summed E-state index contributed by atoms with van der Waals surface area (Å²) in [4.78, 5) is 26.9. The Balaban J connectivity index is 1.89. The van der Waals surface area contributed by atoms with Crippen LogP contribution in [0, 0.1) is 26.7 Å². The number of likely N-dealkylation sites (tertiary alicyclic amines) is 1. The van der Waals surface area contributed by atoms with Crippen molar-refractivity contribution in [1.29, 1.82) is 0 Å². The lowest BCUT2D eigenvalue weighted by Crippen LogP contribution is -2.30. The van der Waals surface area contributed by atoms with Crippen LogP contribution >= 0.6 is 0 Å². The minimum atomic E-state index is -0.417. The fourth-order valence-corrected chi connectivity index (χ4v) is 3.49. The van der Waals surface area contributed by atoms with Crippen molar-refractivity contribution in [2.75, 3.05) is 12.4 Å². The molecular formula is C19H24N4O2. The smallest absolute Gasteiger partial charge is 0.230 e. The first-order valence-corrected chi connectivity index (χ1v) is 8.43. The van der Waals surface area contributed by atoms with Crippen molar-refractivity contribution in [3.05, 3.63) is 46.8 Å². The molecule has 0 bridgehead atoms. The highest BCUT2D eigenvalue weighted by Crippen LogP contribution is 2.38. The largest absolute Gasteiger partial charge is 0.338 e. The monoisotopic (exact) mass is 340 g/mol. The molecule has 0 unspecified atom stereocenters. The van der Waals surface area contributed by atoms with Gasteiger partial charge < -0.3 is 10.2 Å². The molecule has 0 saturated carbocycles. The van der Waals surface area contributed by atoms with Gasteiger partial charge >= 0.3 is 0 Å². The average Bonchev–Trinajstić information content (AvgIpc) is 2.99. The third kappa shape index (κ3) is 3.04. The van der Waals surface area contributed by atoms with E-state index in [1.54, 1.807) is 16.6 Å². The van der Waals surface area contributed by atoms with Crippen molar-refractivity contribution in [1.82, 2.24) is 14.7 Å². The van der Waals surface area contributed by atoms with Gasteiger partial charge in [0.1, 0.15) is 0 Å². The zero-order chi connectivity index (χ0) is 18.3. The summed E-state index contributed by atoms with van der Waals surface area (Å²) in [6, 6.07) is 7.77. The minimum absolute atomic E-state index is 0.00893. The Morgan fingerprint density at radius 2 is 1.80 bits per heavy atom. The van der Waals surface area contributed by atoms with Crippen LogP contribution in [-0.2, 0) is 16.6 Å². The lowest BCUT2D eigenvalue weighted by atomic mass is 9.92. The number of aromatic nitrogens is 2. The van der Waals surface area contributed by atoms with Gasteiger partial charge in [0.05, 0.1) is 29.0 Å². The predicted molar refractivity (Wildman–Crippen MR) is 96.1 cm³/mol. The van der Waals surface area contributed by atoms with Gasteiger partial charge in [-0.1, -0.05) is 29.8 Å². The van der Waals surface area contributed by atoms with E-state index >= 15 is 0 Å². The van der Waals surface area contributed by atoms with E-state index in [-0.39, 0.29) is 24.3 Å². The maximum absolute atomic E-state index is 12.9. The number of hydrogen-bond acceptors (Lipinski definition) is 3. The fraction of sp³-hybridized carbons (Fsp3) is 0.421. The molecule has 1 aliphatic heterocycles. The number of anilines is 1. The molecule has 0 aliphatic carbocycles. The SMILES string of the molecule is Cc1ccc([C@@H]2[C@@H](C(=O)Nc3c(C)nn(C)c3C)CC(=O)N2C)cc1. The molecule has 1 saturated heterocycles. The van der Waals surface area contributed by atoms with Crippen molar-refractivity contribution in [3.8, 4) is 0 Å². The van der Waals surface area contributed by atoms with E-state index in [9.17, 15) is 9.59 Å². The van der Waals surface area contributed by atoms with Crippen molar-refractivity contribution in [2.24, 2.45) is 13.0 Å². The quantitative estimate of drug-likeness (QED) is 0.933. The summed E-state index contributed by atoms with van der Waals surface area (Å²) in [7, 11) is 3.61. The van der Waals surface area contributed by atoms with Crippen LogP contribution in [-0.4, -0.2) is 33.5 Å². The summed E-state index contributed by atoms with van der Waals surface area (Å²) in [5.74, 6) is -0.563. The maximum atomic E-state index is 12.9. The third-order valence-corrected chi connectivity index (χ3v) is 5.10. The molecule has 2 atom stereocenters. The van der Waals surface area contributed by atoms with Crippen LogP contribution in [0.5, 0.6) is 0 Å². The molecule has 2 aromatic rings. The first-order valence-electron chi connectivity index (χ1n) is 8.43. The van der Waals surface area contributed by atoms with Gasteiger partial charge in [-0.3, -0.25) is 14.3 Å². The molecule has 25 heavy (non-hydrogen) atoms. The standard InChI is InChI=1S/C19H24N4O2/c1-11-6-8-14(9-7-11)18-15(10-16(24)22(18)4)19(25)20-17-12(2)21-23(5)13(17)3/h6-9,15,18H,10H2,1-5H3,(H,20,25)/t15-,18+/m0/s1. The first-order chi connectivity index (χ1) is 11.8. The predicted octanol–water partition coefficient (Wildman–Crippen LogP) is 2.50. The topological polar surface area (TPSA) is 67.2 Å². The number of hydrogen-bond donors (Lipinski definition) is 1. The molecule has 1 fully saturated rings. The summed E-state index contributed by atoms with van der Waals surface area (Å²) < 4.78 is 1.74. The van der Waals surface area contributed by atoms with Crippen LogP contribution in [0.3, 0.4) is 0 Å². The van der Waals surface area contributed by atoms with Crippen LogP contribution in [0.25, 0.3) is 0 Å². The van der Waals surface area contributed by atoms with Crippen molar-refractivity contribution >= 4 is 17.5 Å². The summed E-state index contributed by atoms with van der Waals surface area (Å²) in [5, 5.41) is 7.32. The highest BCUT2D eigenvalue weighted by atomic mass is 16.2. The molecule has 2 amide bonds. The second-order valence-corrected chi connectivity index (χ2v) is 6.83. The zero-order valence-corrected chi connectivity index (χ0v) is 15.3. The Labute approximate surface area is 147 Å². The number of carbonyl (C=O) groups excluding carboxylic acids is 2. The maximum Gasteiger partial charge on any atom is 0.230 e. The van der Waals surface area contributed by atoms with Crippen LogP contribution in [0.2, 0.25) is 0 Å². The summed E-state index contributed by atoms with van der Waals surface area (Å²) in [5.41, 5.74) is 4.54. The molecule has 1 aromatic heterocycles. The number of amides is 2. The third-order valence-electron chi connectivity index (χ3n) is 5.10. The Hall–Kier alpha value is -2.63. The van der Waals surface area contributed by atoms with Gasteiger partial charge in [-0.05, 0) is 26.3 Å². The molecule has 3 rings (SSSR count). The second kappa shape index (κ2) is 6.35. The van der Waals surface area contributed by atoms with Gasteiger partial charge in [0.2, 0.25) is 11.8 Å². The lowest BCUT2D eigenvalue weighted by Gasteiger charge is -2.25. The molecule has 132 valence electrons. The summed E-state index contributed by atoms with van der Waals surface area (Å²) >= 11 is 0. The first kappa shape index (κ1) is 17.2. The molecule has 2 heterocycles. The molecule has 0 radical (unpaired) electrons. The zero-order valence-electron chi connectivity index (χ0n) is 15.3. The highest BCUT2D eigenvalue weighted by molar-refractivity contribution is 5.98. The van der Waals surface area contributed by atoms with Crippen molar-refractivity contribution in [2.45, 2.75) is 33.2 Å². The van der Waals surface area contributed by atoms with Gasteiger partial charge in [0, 0.05) is 20.5 Å². The van der Waals surface area contributed by atoms with Crippen molar-refractivity contribution < 1.29 is 9.59 Å². The van der Waals surface area contributed by atoms with Crippen LogP contribution in [0.1, 0.15) is 35.0 Å². The molecule has 1 aliphatic rings. The van der Waals surface area contributed by atoms with E-state index in [4.69, 9.17) is 0 Å². The van der Waals surface area contributed by atoms with E-state index < -0.39 is 5.92 Å². The van der Waals surface area contributed by atoms with Gasteiger partial charge in [-0.15, -0.1) is 0 Å². The fourth-order valence-electron chi connectivity index (χ4n) is 3.49. The summed E-state index contributed by atoms with van der Waals surface area (Å²) in [6.07, 6.45) is 0.221. The Kier molecular flexibility index (Phi) is 4.37. The Morgan fingerprint density at radius 3 is 2.36 bits per heavy atom. The van der Waals surface area contributed by atoms with E-state index in [2.05, 4.69) is 10.4 Å². The second-order valence-electron chi connectivity index (χ2n) is 6.83. The van der Waals surface area contributed by atoms with Gasteiger partial charge in [0.15, 0.2) is 0 Å². The van der Waals surface area contributed by atoms with Crippen LogP contribution in [0.4, 0.5) is 5.69 Å². The van der Waals surface area contributed by atoms with E-state index in [0.29, 0.717) is 0 Å². The number of nitrogens with one attached hydrogen (secondary N) is 1.